The van der Waals surface area contributed by atoms with Crippen molar-refractivity contribution in [2.45, 2.75) is 78.6 Å². The number of nitrogens with zero attached hydrogens (tertiary/aromatic N) is 3. The summed E-state index contributed by atoms with van der Waals surface area (Å²) < 4.78 is 5.73. The van der Waals surface area contributed by atoms with Crippen LogP contribution in [0, 0.1) is 11.8 Å². The summed E-state index contributed by atoms with van der Waals surface area (Å²) in [6.07, 6.45) is 5.09. The zero-order valence-electron chi connectivity index (χ0n) is 22.1. The van der Waals surface area contributed by atoms with Crippen molar-refractivity contribution < 1.29 is 23.9 Å². The highest BCUT2D eigenvalue weighted by molar-refractivity contribution is 5.97. The van der Waals surface area contributed by atoms with E-state index in [1.807, 2.05) is 27.7 Å². The van der Waals surface area contributed by atoms with Gasteiger partial charge < -0.3 is 25.6 Å². The van der Waals surface area contributed by atoms with Gasteiger partial charge in [-0.3, -0.25) is 24.2 Å². The molecule has 0 bridgehead atoms. The summed E-state index contributed by atoms with van der Waals surface area (Å²) in [7, 11) is 0. The van der Waals surface area contributed by atoms with Crippen LogP contribution in [0.25, 0.3) is 0 Å². The first-order valence-electron chi connectivity index (χ1n) is 12.7. The predicted molar refractivity (Wildman–Crippen MR) is 134 cm³/mol. The van der Waals surface area contributed by atoms with Gasteiger partial charge in [0.25, 0.3) is 5.91 Å². The fourth-order valence-corrected chi connectivity index (χ4v) is 4.11. The molecule has 2 heterocycles. The number of likely N-dealkylation sites (tertiary alicyclic amines) is 1. The second kappa shape index (κ2) is 13.9. The van der Waals surface area contributed by atoms with Gasteiger partial charge in [-0.15, -0.1) is 0 Å². The van der Waals surface area contributed by atoms with E-state index in [-0.39, 0.29) is 42.0 Å². The molecule has 2 rings (SSSR count). The summed E-state index contributed by atoms with van der Waals surface area (Å²) >= 11 is 0. The average molecular weight is 505 g/mol. The Hall–Kier alpha value is -3.08. The van der Waals surface area contributed by atoms with E-state index >= 15 is 0 Å². The molecular formula is C25H40N6O5. The first-order valence-corrected chi connectivity index (χ1v) is 12.7. The van der Waals surface area contributed by atoms with Crippen molar-refractivity contribution in [3.63, 3.8) is 0 Å². The predicted octanol–water partition coefficient (Wildman–Crippen LogP) is 0.904. The van der Waals surface area contributed by atoms with Crippen molar-refractivity contribution in [3.05, 3.63) is 24.3 Å². The maximum absolute atomic E-state index is 13.7. The molecule has 4 atom stereocenters. The molecule has 3 N–H and O–H groups in total. The van der Waals surface area contributed by atoms with Gasteiger partial charge in [-0.1, -0.05) is 34.6 Å². The van der Waals surface area contributed by atoms with Crippen LogP contribution in [-0.4, -0.2) is 82.4 Å². The molecule has 1 aromatic rings. The third-order valence-corrected chi connectivity index (χ3v) is 6.06. The summed E-state index contributed by atoms with van der Waals surface area (Å²) in [5.74, 6) is -2.10. The number of carbonyl (C=O) groups is 4. The lowest BCUT2D eigenvalue weighted by Crippen LogP contribution is -2.59. The number of nitrogens with one attached hydrogen (secondary N) is 3. The molecule has 0 aromatic carbocycles. The SMILES string of the molecule is CCCNC(=O)C1CC(OCC)CN1C(=O)C(NC(=O)C(NC(=O)c1cnccn1)C(C)C)C(C)C. The highest BCUT2D eigenvalue weighted by Crippen LogP contribution is 2.23. The second-order valence-corrected chi connectivity index (χ2v) is 9.63. The lowest BCUT2D eigenvalue weighted by molar-refractivity contribution is -0.143. The number of ether oxygens (including phenoxy) is 1. The number of amides is 4. The van der Waals surface area contributed by atoms with E-state index in [0.29, 0.717) is 19.6 Å². The Morgan fingerprint density at radius 1 is 1.06 bits per heavy atom. The normalized spacial score (nSPS) is 19.2. The number of hydrogen-bond donors (Lipinski definition) is 3. The molecule has 0 radical (unpaired) electrons. The highest BCUT2D eigenvalue weighted by atomic mass is 16.5. The fraction of sp³-hybridized carbons (Fsp3) is 0.680. The number of aromatic nitrogens is 2. The zero-order valence-corrected chi connectivity index (χ0v) is 22.1. The van der Waals surface area contributed by atoms with E-state index in [2.05, 4.69) is 25.9 Å². The molecule has 1 fully saturated rings. The Balaban J connectivity index is 2.19. The molecule has 11 nitrogen and oxygen atoms in total. The molecule has 4 amide bonds. The molecule has 4 unspecified atom stereocenters. The lowest BCUT2D eigenvalue weighted by Gasteiger charge is -2.32. The Labute approximate surface area is 213 Å². The first kappa shape index (κ1) is 29.2. The van der Waals surface area contributed by atoms with E-state index in [1.165, 1.54) is 23.5 Å². The second-order valence-electron chi connectivity index (χ2n) is 9.63. The maximum atomic E-state index is 13.7. The third-order valence-electron chi connectivity index (χ3n) is 6.06. The van der Waals surface area contributed by atoms with Crippen molar-refractivity contribution in [3.8, 4) is 0 Å². The van der Waals surface area contributed by atoms with Crippen LogP contribution in [0.3, 0.4) is 0 Å². The summed E-state index contributed by atoms with van der Waals surface area (Å²) in [4.78, 5) is 61.7. The minimum atomic E-state index is -0.896. The zero-order chi connectivity index (χ0) is 26.8. The minimum absolute atomic E-state index is 0.0902. The lowest BCUT2D eigenvalue weighted by atomic mass is 9.99. The molecule has 11 heteroatoms. The highest BCUT2D eigenvalue weighted by Gasteiger charge is 2.43. The van der Waals surface area contributed by atoms with Crippen molar-refractivity contribution >= 4 is 23.6 Å². The summed E-state index contributed by atoms with van der Waals surface area (Å²) in [5, 5.41) is 8.39. The molecule has 200 valence electrons. The largest absolute Gasteiger partial charge is 0.377 e. The maximum Gasteiger partial charge on any atom is 0.272 e. The fourth-order valence-electron chi connectivity index (χ4n) is 4.11. The molecule has 0 saturated carbocycles. The number of rotatable bonds is 12. The van der Waals surface area contributed by atoms with Gasteiger partial charge in [0, 0.05) is 38.5 Å². The molecule has 0 aliphatic carbocycles. The van der Waals surface area contributed by atoms with E-state index in [0.717, 1.165) is 6.42 Å². The van der Waals surface area contributed by atoms with Gasteiger partial charge in [-0.2, -0.15) is 0 Å². The van der Waals surface area contributed by atoms with Crippen LogP contribution in [-0.2, 0) is 19.1 Å². The molecule has 1 aliphatic rings. The van der Waals surface area contributed by atoms with Gasteiger partial charge >= 0.3 is 0 Å². The number of carbonyl (C=O) groups excluding carboxylic acids is 4. The Morgan fingerprint density at radius 3 is 2.31 bits per heavy atom. The molecule has 36 heavy (non-hydrogen) atoms. The standard InChI is InChI=1S/C25H40N6O5/c1-7-9-28-23(33)19-12-17(36-8-2)14-31(19)25(35)21(16(5)6)30-24(34)20(15(3)4)29-22(32)18-13-26-10-11-27-18/h10-11,13,15-17,19-21H,7-9,12,14H2,1-6H3,(H,28,33)(H,29,32)(H,30,34). The van der Waals surface area contributed by atoms with E-state index < -0.39 is 29.9 Å². The van der Waals surface area contributed by atoms with Gasteiger partial charge in [0.15, 0.2) is 0 Å². The van der Waals surface area contributed by atoms with Crippen molar-refractivity contribution in [1.29, 1.82) is 0 Å². The number of hydrogen-bond acceptors (Lipinski definition) is 7. The van der Waals surface area contributed by atoms with Crippen LogP contribution in [0.4, 0.5) is 0 Å². The molecule has 1 aromatic heterocycles. The Bertz CT molecular complexity index is 894. The Kier molecular flexibility index (Phi) is 11.2. The molecule has 1 saturated heterocycles. The van der Waals surface area contributed by atoms with Gasteiger partial charge in [-0.25, -0.2) is 4.98 Å². The van der Waals surface area contributed by atoms with Crippen LogP contribution in [0.1, 0.15) is 64.9 Å². The first-order chi connectivity index (χ1) is 17.1. The Morgan fingerprint density at radius 2 is 1.75 bits per heavy atom. The van der Waals surface area contributed by atoms with Crippen LogP contribution >= 0.6 is 0 Å². The van der Waals surface area contributed by atoms with Crippen molar-refractivity contribution in [2.75, 3.05) is 19.7 Å². The van der Waals surface area contributed by atoms with Gasteiger partial charge in [0.1, 0.15) is 23.8 Å². The van der Waals surface area contributed by atoms with Gasteiger partial charge in [0.05, 0.1) is 12.3 Å². The molecule has 0 spiro atoms. The van der Waals surface area contributed by atoms with Crippen LogP contribution in [0.2, 0.25) is 0 Å². The van der Waals surface area contributed by atoms with E-state index in [9.17, 15) is 19.2 Å². The summed E-state index contributed by atoms with van der Waals surface area (Å²) in [6, 6.07) is -2.45. The van der Waals surface area contributed by atoms with Crippen LogP contribution in [0.15, 0.2) is 18.6 Å². The third kappa shape index (κ3) is 7.71. The van der Waals surface area contributed by atoms with Crippen molar-refractivity contribution in [2.24, 2.45) is 11.8 Å². The van der Waals surface area contributed by atoms with E-state index in [1.54, 1.807) is 13.8 Å². The minimum Gasteiger partial charge on any atom is -0.377 e. The monoisotopic (exact) mass is 504 g/mol. The van der Waals surface area contributed by atoms with Crippen molar-refractivity contribution in [1.82, 2.24) is 30.8 Å². The summed E-state index contributed by atoms with van der Waals surface area (Å²) in [6.45, 7) is 12.3. The van der Waals surface area contributed by atoms with Crippen LogP contribution in [0.5, 0.6) is 0 Å². The topological polar surface area (TPSA) is 143 Å². The average Bonchev–Trinajstić information content (AvgIpc) is 3.28. The quantitative estimate of drug-likeness (QED) is 0.384. The van der Waals surface area contributed by atoms with Crippen LogP contribution < -0.4 is 16.0 Å². The van der Waals surface area contributed by atoms with E-state index in [4.69, 9.17) is 4.74 Å². The molecule has 1 aliphatic heterocycles. The van der Waals surface area contributed by atoms with Gasteiger partial charge in [0.2, 0.25) is 17.7 Å². The summed E-state index contributed by atoms with van der Waals surface area (Å²) in [5.41, 5.74) is 0.0902. The molecular weight excluding hydrogens is 464 g/mol. The smallest absolute Gasteiger partial charge is 0.272 e. The van der Waals surface area contributed by atoms with Gasteiger partial charge in [-0.05, 0) is 25.2 Å².